The molecule has 0 aromatic carbocycles. The molecule has 2 aliphatic carbocycles. The van der Waals surface area contributed by atoms with Crippen LogP contribution < -0.4 is 5.32 Å². The van der Waals surface area contributed by atoms with E-state index in [0.29, 0.717) is 0 Å². The first-order valence-corrected chi connectivity index (χ1v) is 7.51. The smallest absolute Gasteiger partial charge is 0.00684 e. The third kappa shape index (κ3) is 3.76. The first-order chi connectivity index (χ1) is 7.78. The van der Waals surface area contributed by atoms with E-state index in [1.807, 2.05) is 0 Å². The molecule has 2 aliphatic rings. The molecule has 2 rings (SSSR count). The summed E-state index contributed by atoms with van der Waals surface area (Å²) in [5.41, 5.74) is 0.733. The zero-order valence-electron chi connectivity index (χ0n) is 11.2. The van der Waals surface area contributed by atoms with Gasteiger partial charge in [-0.15, -0.1) is 0 Å². The van der Waals surface area contributed by atoms with Gasteiger partial charge in [-0.25, -0.2) is 0 Å². The Morgan fingerprint density at radius 2 is 2.00 bits per heavy atom. The van der Waals surface area contributed by atoms with Gasteiger partial charge in [-0.05, 0) is 43.4 Å². The van der Waals surface area contributed by atoms with Crippen LogP contribution in [0.25, 0.3) is 0 Å². The highest BCUT2D eigenvalue weighted by Crippen LogP contribution is 2.51. The molecule has 0 aromatic heterocycles. The highest BCUT2D eigenvalue weighted by Gasteiger charge is 2.44. The molecule has 0 heterocycles. The maximum atomic E-state index is 3.74. The Hall–Kier alpha value is -0.0400. The Labute approximate surface area is 101 Å². The van der Waals surface area contributed by atoms with Crippen molar-refractivity contribution in [2.24, 2.45) is 11.3 Å². The summed E-state index contributed by atoms with van der Waals surface area (Å²) >= 11 is 0. The third-order valence-electron chi connectivity index (χ3n) is 4.57. The molecule has 1 N–H and O–H groups in total. The van der Waals surface area contributed by atoms with Crippen LogP contribution in [0.5, 0.6) is 0 Å². The Morgan fingerprint density at radius 3 is 2.50 bits per heavy atom. The van der Waals surface area contributed by atoms with Gasteiger partial charge in [-0.3, -0.25) is 0 Å². The van der Waals surface area contributed by atoms with E-state index in [1.165, 1.54) is 64.3 Å². The molecule has 0 amide bonds. The van der Waals surface area contributed by atoms with Crippen LogP contribution >= 0.6 is 0 Å². The lowest BCUT2D eigenvalue weighted by molar-refractivity contribution is 0.309. The number of rotatable bonds is 9. The lowest BCUT2D eigenvalue weighted by Gasteiger charge is -2.22. The van der Waals surface area contributed by atoms with Crippen LogP contribution in [0.1, 0.15) is 71.6 Å². The molecule has 2 fully saturated rings. The molecule has 0 bridgehead atoms. The minimum Gasteiger partial charge on any atom is -0.313 e. The molecule has 0 aromatic rings. The van der Waals surface area contributed by atoms with Crippen molar-refractivity contribution in [2.75, 3.05) is 6.54 Å². The summed E-state index contributed by atoms with van der Waals surface area (Å²) in [7, 11) is 0. The van der Waals surface area contributed by atoms with Crippen molar-refractivity contribution in [1.82, 2.24) is 5.32 Å². The van der Waals surface area contributed by atoms with E-state index in [9.17, 15) is 0 Å². The number of hydrogen-bond donors (Lipinski definition) is 1. The molecule has 1 atom stereocenters. The molecule has 2 saturated carbocycles. The topological polar surface area (TPSA) is 12.0 Å². The fourth-order valence-electron chi connectivity index (χ4n) is 2.83. The fourth-order valence-corrected chi connectivity index (χ4v) is 2.83. The Kier molecular flexibility index (Phi) is 4.29. The van der Waals surface area contributed by atoms with Gasteiger partial charge in [0, 0.05) is 12.6 Å². The van der Waals surface area contributed by atoms with Gasteiger partial charge in [0.25, 0.3) is 0 Å². The molecule has 1 unspecified atom stereocenters. The SMILES string of the molecule is CCCCC(CC)CC1(CNC2CC2)CC1. The van der Waals surface area contributed by atoms with Gasteiger partial charge < -0.3 is 5.32 Å². The van der Waals surface area contributed by atoms with Crippen LogP contribution in [0.3, 0.4) is 0 Å². The predicted molar refractivity (Wildman–Crippen MR) is 70.6 cm³/mol. The van der Waals surface area contributed by atoms with Gasteiger partial charge >= 0.3 is 0 Å². The summed E-state index contributed by atoms with van der Waals surface area (Å²) < 4.78 is 0. The minimum atomic E-state index is 0.733. The van der Waals surface area contributed by atoms with Crippen LogP contribution in [0.4, 0.5) is 0 Å². The zero-order valence-corrected chi connectivity index (χ0v) is 11.2. The number of nitrogens with one attached hydrogen (secondary N) is 1. The lowest BCUT2D eigenvalue weighted by Crippen LogP contribution is -2.27. The Bertz CT molecular complexity index is 203. The van der Waals surface area contributed by atoms with Gasteiger partial charge in [0.1, 0.15) is 0 Å². The average Bonchev–Trinajstić information content (AvgIpc) is 3.16. The quantitative estimate of drug-likeness (QED) is 0.620. The average molecular weight is 223 g/mol. The van der Waals surface area contributed by atoms with E-state index in [2.05, 4.69) is 19.2 Å². The van der Waals surface area contributed by atoms with Gasteiger partial charge in [0.2, 0.25) is 0 Å². The number of unbranched alkanes of at least 4 members (excludes halogenated alkanes) is 1. The molecule has 16 heavy (non-hydrogen) atoms. The van der Waals surface area contributed by atoms with Gasteiger partial charge in [-0.2, -0.15) is 0 Å². The van der Waals surface area contributed by atoms with Crippen molar-refractivity contribution in [3.05, 3.63) is 0 Å². The third-order valence-corrected chi connectivity index (χ3v) is 4.57. The second-order valence-electron chi connectivity index (χ2n) is 6.28. The van der Waals surface area contributed by atoms with E-state index in [1.54, 1.807) is 0 Å². The van der Waals surface area contributed by atoms with Crippen LogP contribution in [0.2, 0.25) is 0 Å². The van der Waals surface area contributed by atoms with Crippen LogP contribution in [0.15, 0.2) is 0 Å². The van der Waals surface area contributed by atoms with Crippen LogP contribution in [-0.2, 0) is 0 Å². The molecule has 0 radical (unpaired) electrons. The highest BCUT2D eigenvalue weighted by atomic mass is 15.0. The maximum absolute atomic E-state index is 3.74. The van der Waals surface area contributed by atoms with Crippen molar-refractivity contribution in [2.45, 2.75) is 77.7 Å². The largest absolute Gasteiger partial charge is 0.313 e. The summed E-state index contributed by atoms with van der Waals surface area (Å²) in [5.74, 6) is 1.00. The Balaban J connectivity index is 1.68. The van der Waals surface area contributed by atoms with Gasteiger partial charge in [0.15, 0.2) is 0 Å². The number of hydrogen-bond acceptors (Lipinski definition) is 1. The monoisotopic (exact) mass is 223 g/mol. The van der Waals surface area contributed by atoms with Crippen molar-refractivity contribution in [3.63, 3.8) is 0 Å². The molecule has 94 valence electrons. The molecule has 0 aliphatic heterocycles. The van der Waals surface area contributed by atoms with E-state index in [4.69, 9.17) is 0 Å². The van der Waals surface area contributed by atoms with Crippen molar-refractivity contribution >= 4 is 0 Å². The van der Waals surface area contributed by atoms with Crippen molar-refractivity contribution in [3.8, 4) is 0 Å². The summed E-state index contributed by atoms with van der Waals surface area (Å²) in [6.45, 7) is 6.01. The van der Waals surface area contributed by atoms with Gasteiger partial charge in [-0.1, -0.05) is 39.5 Å². The van der Waals surface area contributed by atoms with E-state index in [-0.39, 0.29) is 0 Å². The molecule has 0 spiro atoms. The molecule has 1 nitrogen and oxygen atoms in total. The van der Waals surface area contributed by atoms with Gasteiger partial charge in [0.05, 0.1) is 0 Å². The second-order valence-corrected chi connectivity index (χ2v) is 6.28. The fraction of sp³-hybridized carbons (Fsp3) is 1.00. The van der Waals surface area contributed by atoms with Crippen LogP contribution in [0, 0.1) is 11.3 Å². The van der Waals surface area contributed by atoms with Crippen LogP contribution in [-0.4, -0.2) is 12.6 Å². The van der Waals surface area contributed by atoms with Crippen molar-refractivity contribution < 1.29 is 0 Å². The molecular formula is C15H29N. The van der Waals surface area contributed by atoms with E-state index < -0.39 is 0 Å². The summed E-state index contributed by atoms with van der Waals surface area (Å²) in [5, 5.41) is 3.74. The van der Waals surface area contributed by atoms with E-state index >= 15 is 0 Å². The molecular weight excluding hydrogens is 194 g/mol. The summed E-state index contributed by atoms with van der Waals surface area (Å²) in [6.07, 6.45) is 13.0. The standard InChI is InChI=1S/C15H29N/c1-3-5-6-13(4-2)11-15(9-10-15)12-16-14-7-8-14/h13-14,16H,3-12H2,1-2H3. The normalized spacial score (nSPS) is 24.4. The highest BCUT2D eigenvalue weighted by molar-refractivity contribution is 4.98. The van der Waals surface area contributed by atoms with E-state index in [0.717, 1.165) is 17.4 Å². The second kappa shape index (κ2) is 5.53. The summed E-state index contributed by atoms with van der Waals surface area (Å²) in [4.78, 5) is 0. The zero-order chi connectivity index (χ0) is 11.4. The first-order valence-electron chi connectivity index (χ1n) is 7.51. The predicted octanol–water partition coefficient (Wildman–Crippen LogP) is 4.13. The first kappa shape index (κ1) is 12.4. The maximum Gasteiger partial charge on any atom is 0.00684 e. The van der Waals surface area contributed by atoms with Crippen molar-refractivity contribution in [1.29, 1.82) is 0 Å². The molecule has 0 saturated heterocycles. The molecule has 1 heteroatoms. The Morgan fingerprint density at radius 1 is 1.25 bits per heavy atom. The minimum absolute atomic E-state index is 0.733. The summed E-state index contributed by atoms with van der Waals surface area (Å²) in [6, 6.07) is 0.896. The lowest BCUT2D eigenvalue weighted by atomic mass is 9.86.